The monoisotopic (exact) mass is 405 g/mol. The van der Waals surface area contributed by atoms with E-state index in [0.717, 1.165) is 4.47 Å². The Morgan fingerprint density at radius 3 is 2.50 bits per heavy atom. The second-order valence-electron chi connectivity index (χ2n) is 4.02. The molecule has 0 aliphatic carbocycles. The Balaban J connectivity index is 2.23. The van der Waals surface area contributed by atoms with Crippen LogP contribution in [0.3, 0.4) is 0 Å². The van der Waals surface area contributed by atoms with E-state index < -0.39 is 11.6 Å². The lowest BCUT2D eigenvalue weighted by Gasteiger charge is -2.12. The van der Waals surface area contributed by atoms with Crippen molar-refractivity contribution in [3.8, 4) is 5.75 Å². The van der Waals surface area contributed by atoms with Crippen molar-refractivity contribution >= 4 is 37.5 Å². The summed E-state index contributed by atoms with van der Waals surface area (Å²) in [6, 6.07) is 7.91. The van der Waals surface area contributed by atoms with Gasteiger partial charge in [0.2, 0.25) is 0 Å². The van der Waals surface area contributed by atoms with Gasteiger partial charge >= 0.3 is 0 Å². The maximum absolute atomic E-state index is 13.8. The summed E-state index contributed by atoms with van der Waals surface area (Å²) in [4.78, 5) is 0. The largest absolute Gasteiger partial charge is 0.497 e. The van der Waals surface area contributed by atoms with Gasteiger partial charge < -0.3 is 10.1 Å². The zero-order valence-corrected chi connectivity index (χ0v) is 13.7. The first-order valence-corrected chi connectivity index (χ1v) is 7.31. The molecule has 6 heteroatoms. The van der Waals surface area contributed by atoms with Crippen LogP contribution < -0.4 is 10.1 Å². The Bertz CT molecular complexity index is 635. The van der Waals surface area contributed by atoms with Gasteiger partial charge in [0.05, 0.1) is 17.3 Å². The molecule has 0 aliphatic rings. The fourth-order valence-electron chi connectivity index (χ4n) is 1.68. The molecule has 2 aromatic rings. The maximum atomic E-state index is 13.8. The molecule has 2 rings (SSSR count). The highest BCUT2D eigenvalue weighted by Crippen LogP contribution is 2.28. The number of methoxy groups -OCH3 is 1. The van der Waals surface area contributed by atoms with Crippen LogP contribution in [-0.2, 0) is 6.54 Å². The first-order valence-electron chi connectivity index (χ1n) is 5.72. The van der Waals surface area contributed by atoms with E-state index in [4.69, 9.17) is 4.74 Å². The molecule has 0 amide bonds. The molecule has 0 saturated heterocycles. The van der Waals surface area contributed by atoms with E-state index in [0.29, 0.717) is 11.4 Å². The zero-order chi connectivity index (χ0) is 14.7. The Morgan fingerprint density at radius 2 is 1.80 bits per heavy atom. The molecule has 20 heavy (non-hydrogen) atoms. The lowest BCUT2D eigenvalue weighted by molar-refractivity contribution is 0.415. The zero-order valence-electron chi connectivity index (χ0n) is 10.5. The number of ether oxygens (including phenoxy) is 1. The lowest BCUT2D eigenvalue weighted by Crippen LogP contribution is -2.05. The smallest absolute Gasteiger partial charge is 0.145 e. The molecule has 1 N–H and O–H groups in total. The number of hydrogen-bond donors (Lipinski definition) is 1. The van der Waals surface area contributed by atoms with Gasteiger partial charge in [-0.05, 0) is 56.1 Å². The van der Waals surface area contributed by atoms with Crippen LogP contribution in [0.5, 0.6) is 5.75 Å². The minimum atomic E-state index is -0.600. The summed E-state index contributed by atoms with van der Waals surface area (Å²) in [5.41, 5.74) is 0.678. The van der Waals surface area contributed by atoms with Gasteiger partial charge in [-0.25, -0.2) is 8.78 Å². The van der Waals surface area contributed by atoms with Gasteiger partial charge in [0.25, 0.3) is 0 Å². The third kappa shape index (κ3) is 3.30. The van der Waals surface area contributed by atoms with Gasteiger partial charge in [0.1, 0.15) is 17.4 Å². The number of halogens is 4. The van der Waals surface area contributed by atoms with Crippen LogP contribution in [0.25, 0.3) is 0 Å². The van der Waals surface area contributed by atoms with Crippen LogP contribution in [0.15, 0.2) is 39.3 Å². The number of anilines is 1. The lowest BCUT2D eigenvalue weighted by atomic mass is 10.2. The molecule has 0 heterocycles. The van der Waals surface area contributed by atoms with Crippen LogP contribution in [-0.4, -0.2) is 7.11 Å². The highest BCUT2D eigenvalue weighted by atomic mass is 79.9. The van der Waals surface area contributed by atoms with Gasteiger partial charge in [0, 0.05) is 22.6 Å². The summed E-state index contributed by atoms with van der Waals surface area (Å²) >= 11 is 6.41. The molecule has 2 aromatic carbocycles. The number of rotatable bonds is 4. The third-order valence-corrected chi connectivity index (χ3v) is 4.07. The van der Waals surface area contributed by atoms with Crippen LogP contribution in [0.2, 0.25) is 0 Å². The SMILES string of the molecule is COc1ccc(Br)c(NCc2c(F)ccc(Br)c2F)c1. The van der Waals surface area contributed by atoms with Gasteiger partial charge in [-0.1, -0.05) is 0 Å². The predicted molar refractivity (Wildman–Crippen MR) is 82.1 cm³/mol. The van der Waals surface area contributed by atoms with Gasteiger partial charge in [-0.3, -0.25) is 0 Å². The highest BCUT2D eigenvalue weighted by molar-refractivity contribution is 9.10. The molecule has 0 spiro atoms. The van der Waals surface area contributed by atoms with Crippen molar-refractivity contribution in [2.75, 3.05) is 12.4 Å². The molecular formula is C14H11Br2F2NO. The average Bonchev–Trinajstić information content (AvgIpc) is 2.45. The van der Waals surface area contributed by atoms with Crippen molar-refractivity contribution in [2.24, 2.45) is 0 Å². The standard InChI is InChI=1S/C14H11Br2F2NO/c1-20-8-2-3-10(15)13(6-8)19-7-9-12(17)5-4-11(16)14(9)18/h2-6,19H,7H2,1H3. The van der Waals surface area contributed by atoms with Crippen LogP contribution in [0.1, 0.15) is 5.56 Å². The van der Waals surface area contributed by atoms with Crippen molar-refractivity contribution in [3.05, 3.63) is 56.5 Å². The van der Waals surface area contributed by atoms with Crippen molar-refractivity contribution < 1.29 is 13.5 Å². The van der Waals surface area contributed by atoms with E-state index in [-0.39, 0.29) is 16.6 Å². The molecule has 2 nitrogen and oxygen atoms in total. The molecule has 106 valence electrons. The van der Waals surface area contributed by atoms with E-state index in [1.807, 2.05) is 0 Å². The van der Waals surface area contributed by atoms with Crippen molar-refractivity contribution in [3.63, 3.8) is 0 Å². The normalized spacial score (nSPS) is 10.4. The number of benzene rings is 2. The Morgan fingerprint density at radius 1 is 1.10 bits per heavy atom. The summed E-state index contributed by atoms with van der Waals surface area (Å²) in [5.74, 6) is -0.528. The summed E-state index contributed by atoms with van der Waals surface area (Å²) in [6.07, 6.45) is 0. The molecular weight excluding hydrogens is 396 g/mol. The fourth-order valence-corrected chi connectivity index (χ4v) is 2.44. The van der Waals surface area contributed by atoms with Crippen molar-refractivity contribution in [2.45, 2.75) is 6.54 Å². The number of nitrogens with one attached hydrogen (secondary N) is 1. The molecule has 0 aliphatic heterocycles. The molecule has 0 bridgehead atoms. The van der Waals surface area contributed by atoms with Crippen LogP contribution in [0, 0.1) is 11.6 Å². The summed E-state index contributed by atoms with van der Waals surface area (Å²) < 4.78 is 33.6. The second kappa shape index (κ2) is 6.54. The molecule has 0 unspecified atom stereocenters. The number of hydrogen-bond acceptors (Lipinski definition) is 2. The first-order chi connectivity index (χ1) is 9.52. The summed E-state index contributed by atoms with van der Waals surface area (Å²) in [6.45, 7) is 0.0306. The molecule has 0 fully saturated rings. The molecule has 0 radical (unpaired) electrons. The van der Waals surface area contributed by atoms with Crippen molar-refractivity contribution in [1.82, 2.24) is 0 Å². The van der Waals surface area contributed by atoms with Crippen LogP contribution >= 0.6 is 31.9 Å². The third-order valence-electron chi connectivity index (χ3n) is 2.77. The topological polar surface area (TPSA) is 21.3 Å². The van der Waals surface area contributed by atoms with Gasteiger partial charge in [-0.15, -0.1) is 0 Å². The van der Waals surface area contributed by atoms with E-state index in [1.165, 1.54) is 12.1 Å². The Kier molecular flexibility index (Phi) is 4.99. The first kappa shape index (κ1) is 15.3. The highest BCUT2D eigenvalue weighted by Gasteiger charge is 2.12. The molecule has 0 aromatic heterocycles. The summed E-state index contributed by atoms with van der Waals surface area (Å²) in [7, 11) is 1.56. The predicted octanol–water partition coefficient (Wildman–Crippen LogP) is 5.11. The minimum Gasteiger partial charge on any atom is -0.497 e. The fraction of sp³-hybridized carbons (Fsp3) is 0.143. The van der Waals surface area contributed by atoms with E-state index in [1.54, 1.807) is 25.3 Å². The van der Waals surface area contributed by atoms with Crippen LogP contribution in [0.4, 0.5) is 14.5 Å². The molecule has 0 saturated carbocycles. The van der Waals surface area contributed by atoms with Gasteiger partial charge in [-0.2, -0.15) is 0 Å². The quantitative estimate of drug-likeness (QED) is 0.712. The van der Waals surface area contributed by atoms with E-state index >= 15 is 0 Å². The summed E-state index contributed by atoms with van der Waals surface area (Å²) in [5, 5.41) is 2.99. The van der Waals surface area contributed by atoms with Gasteiger partial charge in [0.15, 0.2) is 0 Å². The average molecular weight is 407 g/mol. The Hall–Kier alpha value is -1.14. The second-order valence-corrected chi connectivity index (χ2v) is 5.73. The Labute approximate surface area is 132 Å². The molecule has 0 atom stereocenters. The van der Waals surface area contributed by atoms with E-state index in [9.17, 15) is 8.78 Å². The minimum absolute atomic E-state index is 0.0194. The van der Waals surface area contributed by atoms with Crippen molar-refractivity contribution in [1.29, 1.82) is 0 Å². The van der Waals surface area contributed by atoms with E-state index in [2.05, 4.69) is 37.2 Å². The maximum Gasteiger partial charge on any atom is 0.145 e.